The number of amides is 1. The van der Waals surface area contributed by atoms with Crippen molar-refractivity contribution in [1.82, 2.24) is 19.5 Å². The number of aliphatic hydroxyl groups excluding tert-OH is 1. The molecular formula is C13H18N4O3. The highest BCUT2D eigenvalue weighted by molar-refractivity contribution is 5.75. The van der Waals surface area contributed by atoms with Crippen molar-refractivity contribution in [2.45, 2.75) is 20.4 Å². The SMILES string of the molecule is CC(C)(CO)CNC(=O)Cn1nc2ccccn2c1=O. The van der Waals surface area contributed by atoms with Gasteiger partial charge in [0.1, 0.15) is 6.54 Å². The summed E-state index contributed by atoms with van der Waals surface area (Å²) in [7, 11) is 0. The lowest BCUT2D eigenvalue weighted by Gasteiger charge is -2.21. The van der Waals surface area contributed by atoms with Gasteiger partial charge in [0.15, 0.2) is 5.65 Å². The Morgan fingerprint density at radius 1 is 1.45 bits per heavy atom. The van der Waals surface area contributed by atoms with Crippen molar-refractivity contribution in [2.24, 2.45) is 5.41 Å². The van der Waals surface area contributed by atoms with Crippen LogP contribution in [0.3, 0.4) is 0 Å². The molecule has 0 fully saturated rings. The van der Waals surface area contributed by atoms with Gasteiger partial charge in [-0.1, -0.05) is 19.9 Å². The molecule has 1 amide bonds. The van der Waals surface area contributed by atoms with Crippen LogP contribution in [0.25, 0.3) is 5.65 Å². The summed E-state index contributed by atoms with van der Waals surface area (Å²) >= 11 is 0. The van der Waals surface area contributed by atoms with E-state index in [2.05, 4.69) is 10.4 Å². The third-order valence-electron chi connectivity index (χ3n) is 2.97. The summed E-state index contributed by atoms with van der Waals surface area (Å²) in [5.74, 6) is -0.308. The molecule has 0 saturated carbocycles. The molecule has 7 nitrogen and oxygen atoms in total. The molecule has 0 aliphatic carbocycles. The van der Waals surface area contributed by atoms with Gasteiger partial charge in [-0.05, 0) is 12.1 Å². The highest BCUT2D eigenvalue weighted by Gasteiger charge is 2.18. The van der Waals surface area contributed by atoms with Gasteiger partial charge in [-0.25, -0.2) is 9.48 Å². The smallest absolute Gasteiger partial charge is 0.350 e. The molecule has 0 aliphatic heterocycles. The van der Waals surface area contributed by atoms with Crippen molar-refractivity contribution in [3.8, 4) is 0 Å². The zero-order valence-electron chi connectivity index (χ0n) is 11.5. The van der Waals surface area contributed by atoms with E-state index in [0.717, 1.165) is 4.68 Å². The van der Waals surface area contributed by atoms with Gasteiger partial charge in [-0.2, -0.15) is 0 Å². The Bertz CT molecular complexity index is 672. The highest BCUT2D eigenvalue weighted by atomic mass is 16.3. The summed E-state index contributed by atoms with van der Waals surface area (Å²) in [6.07, 6.45) is 1.61. The molecule has 2 rings (SSSR count). The Morgan fingerprint density at radius 3 is 2.85 bits per heavy atom. The molecule has 108 valence electrons. The van der Waals surface area contributed by atoms with E-state index in [1.807, 2.05) is 13.8 Å². The van der Waals surface area contributed by atoms with E-state index in [0.29, 0.717) is 12.2 Å². The van der Waals surface area contributed by atoms with E-state index in [1.165, 1.54) is 4.40 Å². The van der Waals surface area contributed by atoms with Crippen LogP contribution in [0.4, 0.5) is 0 Å². The molecule has 0 bridgehead atoms. The van der Waals surface area contributed by atoms with E-state index in [-0.39, 0.29) is 30.2 Å². The summed E-state index contributed by atoms with van der Waals surface area (Å²) in [4.78, 5) is 23.8. The molecule has 0 atom stereocenters. The first-order valence-electron chi connectivity index (χ1n) is 6.35. The number of hydrogen-bond acceptors (Lipinski definition) is 4. The number of nitrogens with zero attached hydrogens (tertiary/aromatic N) is 3. The first-order valence-corrected chi connectivity index (χ1v) is 6.35. The van der Waals surface area contributed by atoms with E-state index in [1.54, 1.807) is 24.4 Å². The van der Waals surface area contributed by atoms with Crippen LogP contribution in [-0.4, -0.2) is 38.3 Å². The van der Waals surface area contributed by atoms with Crippen molar-refractivity contribution in [1.29, 1.82) is 0 Å². The van der Waals surface area contributed by atoms with Gasteiger partial charge >= 0.3 is 5.69 Å². The summed E-state index contributed by atoms with van der Waals surface area (Å²) in [6.45, 7) is 3.85. The third-order valence-corrected chi connectivity index (χ3v) is 2.97. The molecule has 2 N–H and O–H groups in total. The van der Waals surface area contributed by atoms with E-state index in [4.69, 9.17) is 5.11 Å². The maximum atomic E-state index is 12.0. The first-order chi connectivity index (χ1) is 9.43. The zero-order chi connectivity index (χ0) is 14.8. The molecule has 2 aromatic rings. The maximum absolute atomic E-state index is 12.0. The van der Waals surface area contributed by atoms with Gasteiger partial charge in [0.2, 0.25) is 5.91 Å². The zero-order valence-corrected chi connectivity index (χ0v) is 11.5. The Kier molecular flexibility index (Phi) is 3.89. The molecule has 0 aromatic carbocycles. The van der Waals surface area contributed by atoms with Crippen LogP contribution in [0.15, 0.2) is 29.2 Å². The molecule has 0 spiro atoms. The van der Waals surface area contributed by atoms with Crippen LogP contribution in [0, 0.1) is 5.41 Å². The van der Waals surface area contributed by atoms with Crippen molar-refractivity contribution >= 4 is 11.6 Å². The topological polar surface area (TPSA) is 88.6 Å². The number of fused-ring (bicyclic) bond motifs is 1. The van der Waals surface area contributed by atoms with Crippen molar-refractivity contribution in [3.05, 3.63) is 34.9 Å². The number of hydrogen-bond donors (Lipinski definition) is 2. The lowest BCUT2D eigenvalue weighted by Crippen LogP contribution is -2.39. The lowest BCUT2D eigenvalue weighted by molar-refractivity contribution is -0.122. The molecule has 7 heteroatoms. The summed E-state index contributed by atoms with van der Waals surface area (Å²) in [5, 5.41) is 15.9. The number of rotatable bonds is 5. The number of carbonyl (C=O) groups excluding carboxylic acids is 1. The highest BCUT2D eigenvalue weighted by Crippen LogP contribution is 2.10. The Labute approximate surface area is 115 Å². The molecule has 2 heterocycles. The van der Waals surface area contributed by atoms with Crippen LogP contribution in [0.2, 0.25) is 0 Å². The predicted molar refractivity (Wildman–Crippen MR) is 73.3 cm³/mol. The number of nitrogens with one attached hydrogen (secondary N) is 1. The van der Waals surface area contributed by atoms with E-state index < -0.39 is 0 Å². The average molecular weight is 278 g/mol. The lowest BCUT2D eigenvalue weighted by atomic mass is 9.95. The van der Waals surface area contributed by atoms with Crippen molar-refractivity contribution in [2.75, 3.05) is 13.2 Å². The second kappa shape index (κ2) is 5.46. The van der Waals surface area contributed by atoms with Crippen molar-refractivity contribution in [3.63, 3.8) is 0 Å². The normalized spacial score (nSPS) is 11.8. The van der Waals surface area contributed by atoms with Crippen LogP contribution >= 0.6 is 0 Å². The molecule has 0 aliphatic rings. The largest absolute Gasteiger partial charge is 0.396 e. The number of carbonyl (C=O) groups is 1. The second-order valence-electron chi connectivity index (χ2n) is 5.47. The monoisotopic (exact) mass is 278 g/mol. The maximum Gasteiger partial charge on any atom is 0.350 e. The first kappa shape index (κ1) is 14.3. The molecule has 20 heavy (non-hydrogen) atoms. The average Bonchev–Trinajstić information content (AvgIpc) is 2.74. The number of aliphatic hydroxyl groups is 1. The third kappa shape index (κ3) is 3.05. The Balaban J connectivity index is 2.07. The minimum absolute atomic E-state index is 0.0262. The molecular weight excluding hydrogens is 260 g/mol. The fraction of sp³-hybridized carbons (Fsp3) is 0.462. The van der Waals surface area contributed by atoms with Crippen molar-refractivity contribution < 1.29 is 9.90 Å². The van der Waals surface area contributed by atoms with Gasteiger partial charge in [0.05, 0.1) is 0 Å². The van der Waals surface area contributed by atoms with Gasteiger partial charge in [0.25, 0.3) is 0 Å². The quantitative estimate of drug-likeness (QED) is 0.781. The minimum atomic E-state index is -0.389. The standard InChI is InChI=1S/C13H18N4O3/c1-13(2,9-18)8-14-11(19)7-17-12(20)16-6-4-3-5-10(16)15-17/h3-6,18H,7-9H2,1-2H3,(H,14,19). The number of pyridine rings is 1. The van der Waals surface area contributed by atoms with Crippen LogP contribution in [0.5, 0.6) is 0 Å². The van der Waals surface area contributed by atoms with E-state index in [9.17, 15) is 9.59 Å². The summed E-state index contributed by atoms with van der Waals surface area (Å²) in [5.41, 5.74) is -0.238. The minimum Gasteiger partial charge on any atom is -0.396 e. The van der Waals surface area contributed by atoms with Gasteiger partial charge in [-0.3, -0.25) is 9.20 Å². The Morgan fingerprint density at radius 2 is 2.20 bits per heavy atom. The summed E-state index contributed by atoms with van der Waals surface area (Å²) < 4.78 is 2.50. The fourth-order valence-electron chi connectivity index (χ4n) is 1.66. The molecule has 0 radical (unpaired) electrons. The van der Waals surface area contributed by atoms with Crippen LogP contribution < -0.4 is 11.0 Å². The van der Waals surface area contributed by atoms with Gasteiger partial charge in [0, 0.05) is 24.8 Å². The Hall–Kier alpha value is -2.15. The fourth-order valence-corrected chi connectivity index (χ4v) is 1.66. The summed E-state index contributed by atoms with van der Waals surface area (Å²) in [6, 6.07) is 5.20. The number of aromatic nitrogens is 3. The van der Waals surface area contributed by atoms with Gasteiger partial charge < -0.3 is 10.4 Å². The molecule has 0 unspecified atom stereocenters. The second-order valence-corrected chi connectivity index (χ2v) is 5.47. The van der Waals surface area contributed by atoms with Crippen LogP contribution in [-0.2, 0) is 11.3 Å². The molecule has 2 aromatic heterocycles. The predicted octanol–water partition coefficient (Wildman–Crippen LogP) is -0.369. The molecule has 0 saturated heterocycles. The van der Waals surface area contributed by atoms with Gasteiger partial charge in [-0.15, -0.1) is 5.10 Å². The van der Waals surface area contributed by atoms with Crippen LogP contribution in [0.1, 0.15) is 13.8 Å². The van der Waals surface area contributed by atoms with E-state index >= 15 is 0 Å².